The highest BCUT2D eigenvalue weighted by molar-refractivity contribution is 7.91. The van der Waals surface area contributed by atoms with Gasteiger partial charge in [-0.2, -0.15) is 0 Å². The number of ether oxygens (including phenoxy) is 1. The Kier molecular flexibility index (Phi) is 6.13. The smallest absolute Gasteiger partial charge is 0.338 e. The fraction of sp³-hybridized carbons (Fsp3) is 0.438. The lowest BCUT2D eigenvalue weighted by atomic mass is 10.2. The number of sulfone groups is 1. The summed E-state index contributed by atoms with van der Waals surface area (Å²) < 4.78 is 27.5. The van der Waals surface area contributed by atoms with Gasteiger partial charge in [0.1, 0.15) is 6.42 Å². The van der Waals surface area contributed by atoms with Crippen LogP contribution in [0.5, 0.6) is 0 Å². The van der Waals surface area contributed by atoms with Crippen molar-refractivity contribution in [2.75, 3.05) is 23.4 Å². The molecule has 8 nitrogen and oxygen atoms in total. The van der Waals surface area contributed by atoms with Crippen LogP contribution in [0.1, 0.15) is 30.1 Å². The summed E-state index contributed by atoms with van der Waals surface area (Å²) in [4.78, 5) is 35.2. The van der Waals surface area contributed by atoms with Gasteiger partial charge in [0.15, 0.2) is 9.84 Å². The van der Waals surface area contributed by atoms with Crippen LogP contribution < -0.4 is 10.6 Å². The number of benzene rings is 1. The minimum Gasteiger partial charge on any atom is -0.462 e. The van der Waals surface area contributed by atoms with E-state index in [0.29, 0.717) is 17.7 Å². The van der Waals surface area contributed by atoms with Crippen LogP contribution in [0, 0.1) is 0 Å². The number of rotatable bonds is 6. The summed E-state index contributed by atoms with van der Waals surface area (Å²) in [5, 5.41) is 5.09. The molecule has 1 heterocycles. The van der Waals surface area contributed by atoms with E-state index in [2.05, 4.69) is 10.6 Å². The average Bonchev–Trinajstić information content (AvgIpc) is 2.86. The number of nitrogens with one attached hydrogen (secondary N) is 2. The number of hydrogen-bond acceptors (Lipinski definition) is 6. The van der Waals surface area contributed by atoms with Gasteiger partial charge in [-0.15, -0.1) is 0 Å². The van der Waals surface area contributed by atoms with Gasteiger partial charge in [-0.1, -0.05) is 0 Å². The first kappa shape index (κ1) is 18.9. The molecule has 1 aliphatic rings. The Morgan fingerprint density at radius 3 is 2.40 bits per heavy atom. The Morgan fingerprint density at radius 2 is 1.84 bits per heavy atom. The van der Waals surface area contributed by atoms with Crippen molar-refractivity contribution in [3.8, 4) is 0 Å². The topological polar surface area (TPSA) is 119 Å². The van der Waals surface area contributed by atoms with Gasteiger partial charge in [0.25, 0.3) is 0 Å². The summed E-state index contributed by atoms with van der Waals surface area (Å²) in [5.74, 6) is -1.54. The van der Waals surface area contributed by atoms with Gasteiger partial charge in [0, 0.05) is 11.7 Å². The zero-order valence-corrected chi connectivity index (χ0v) is 14.6. The normalized spacial score (nSPS) is 18.4. The molecule has 0 aromatic heterocycles. The molecule has 0 spiro atoms. The maximum atomic E-state index is 11.9. The fourth-order valence-electron chi connectivity index (χ4n) is 2.44. The Bertz CT molecular complexity index is 757. The zero-order chi connectivity index (χ0) is 18.4. The molecule has 1 aromatic carbocycles. The van der Waals surface area contributed by atoms with Crippen molar-refractivity contribution in [1.82, 2.24) is 5.32 Å². The summed E-state index contributed by atoms with van der Waals surface area (Å²) >= 11 is 0. The zero-order valence-electron chi connectivity index (χ0n) is 13.8. The molecule has 2 rings (SSSR count). The first-order valence-electron chi connectivity index (χ1n) is 7.86. The molecule has 0 radical (unpaired) electrons. The molecule has 2 N–H and O–H groups in total. The summed E-state index contributed by atoms with van der Waals surface area (Å²) in [6.45, 7) is 1.98. The highest BCUT2D eigenvalue weighted by atomic mass is 32.2. The Labute approximate surface area is 145 Å². The molecular formula is C16H20N2O6S. The van der Waals surface area contributed by atoms with Crippen LogP contribution in [-0.2, 0) is 24.2 Å². The van der Waals surface area contributed by atoms with Crippen LogP contribution in [-0.4, -0.2) is 50.4 Å². The molecule has 1 atom stereocenters. The number of anilines is 1. The van der Waals surface area contributed by atoms with Crippen molar-refractivity contribution in [1.29, 1.82) is 0 Å². The summed E-state index contributed by atoms with van der Waals surface area (Å²) in [6.07, 6.45) is -0.0405. The number of esters is 1. The van der Waals surface area contributed by atoms with Gasteiger partial charge >= 0.3 is 5.97 Å². The number of hydrogen-bond donors (Lipinski definition) is 2. The van der Waals surface area contributed by atoms with Crippen molar-refractivity contribution >= 4 is 33.3 Å². The molecule has 2 amide bonds. The van der Waals surface area contributed by atoms with Crippen molar-refractivity contribution in [2.45, 2.75) is 25.8 Å². The lowest BCUT2D eigenvalue weighted by molar-refractivity contribution is -0.127. The Hall–Kier alpha value is -2.42. The van der Waals surface area contributed by atoms with Gasteiger partial charge in [0.05, 0.1) is 23.7 Å². The van der Waals surface area contributed by atoms with E-state index < -0.39 is 40.1 Å². The van der Waals surface area contributed by atoms with Crippen molar-refractivity contribution in [3.05, 3.63) is 29.8 Å². The highest BCUT2D eigenvalue weighted by Gasteiger charge is 2.29. The third kappa shape index (κ3) is 5.86. The Balaban J connectivity index is 1.81. The van der Waals surface area contributed by atoms with E-state index in [1.807, 2.05) is 0 Å². The second kappa shape index (κ2) is 8.11. The van der Waals surface area contributed by atoms with E-state index in [0.717, 1.165) is 0 Å². The maximum Gasteiger partial charge on any atom is 0.338 e. The molecule has 1 fully saturated rings. The molecule has 25 heavy (non-hydrogen) atoms. The largest absolute Gasteiger partial charge is 0.462 e. The second-order valence-electron chi connectivity index (χ2n) is 5.69. The molecule has 1 saturated heterocycles. The predicted octanol–water partition coefficient (Wildman–Crippen LogP) is 0.495. The molecule has 1 unspecified atom stereocenters. The summed E-state index contributed by atoms with van der Waals surface area (Å²) in [5.41, 5.74) is 0.800. The average molecular weight is 368 g/mol. The first-order valence-corrected chi connectivity index (χ1v) is 9.68. The third-order valence-electron chi connectivity index (χ3n) is 3.60. The molecule has 1 aromatic rings. The molecule has 0 aliphatic carbocycles. The molecule has 1 aliphatic heterocycles. The third-order valence-corrected chi connectivity index (χ3v) is 5.37. The SMILES string of the molecule is CCOC(=O)c1ccc(NC(=O)CC(=O)NC2CCS(=O)(=O)C2)cc1. The van der Waals surface area contributed by atoms with Crippen LogP contribution in [0.15, 0.2) is 24.3 Å². The summed E-state index contributed by atoms with van der Waals surface area (Å²) in [6, 6.07) is 5.65. The quantitative estimate of drug-likeness (QED) is 0.557. The fourth-order valence-corrected chi connectivity index (χ4v) is 4.12. The lowest BCUT2D eigenvalue weighted by Crippen LogP contribution is -2.37. The lowest BCUT2D eigenvalue weighted by Gasteiger charge is -2.11. The van der Waals surface area contributed by atoms with Crippen LogP contribution >= 0.6 is 0 Å². The Morgan fingerprint density at radius 1 is 1.16 bits per heavy atom. The molecule has 9 heteroatoms. The van der Waals surface area contributed by atoms with E-state index in [9.17, 15) is 22.8 Å². The second-order valence-corrected chi connectivity index (χ2v) is 7.92. The van der Waals surface area contributed by atoms with Gasteiger partial charge in [-0.05, 0) is 37.6 Å². The van der Waals surface area contributed by atoms with Crippen LogP contribution in [0.3, 0.4) is 0 Å². The van der Waals surface area contributed by atoms with Gasteiger partial charge in [-0.25, -0.2) is 13.2 Å². The number of carbonyl (C=O) groups excluding carboxylic acids is 3. The monoisotopic (exact) mass is 368 g/mol. The number of carbonyl (C=O) groups is 3. The van der Waals surface area contributed by atoms with E-state index in [1.165, 1.54) is 24.3 Å². The molecule has 0 bridgehead atoms. The number of amides is 2. The van der Waals surface area contributed by atoms with Crippen LogP contribution in [0.2, 0.25) is 0 Å². The van der Waals surface area contributed by atoms with E-state index in [4.69, 9.17) is 4.74 Å². The molecule has 0 saturated carbocycles. The predicted molar refractivity (Wildman–Crippen MR) is 90.8 cm³/mol. The minimum atomic E-state index is -3.09. The van der Waals surface area contributed by atoms with E-state index in [1.54, 1.807) is 6.92 Å². The summed E-state index contributed by atoms with van der Waals surface area (Å²) in [7, 11) is -3.09. The molecule has 136 valence electrons. The van der Waals surface area contributed by atoms with Crippen LogP contribution in [0.4, 0.5) is 5.69 Å². The highest BCUT2D eigenvalue weighted by Crippen LogP contribution is 2.12. The first-order chi connectivity index (χ1) is 11.8. The van der Waals surface area contributed by atoms with Gasteiger partial charge < -0.3 is 15.4 Å². The van der Waals surface area contributed by atoms with Gasteiger partial charge in [0.2, 0.25) is 11.8 Å². The molecular weight excluding hydrogens is 348 g/mol. The van der Waals surface area contributed by atoms with E-state index in [-0.39, 0.29) is 18.1 Å². The standard InChI is InChI=1S/C16H20N2O6S/c1-2-24-16(21)11-3-5-12(6-4-11)17-14(19)9-15(20)18-13-7-8-25(22,23)10-13/h3-6,13H,2,7-10H2,1H3,(H,17,19)(H,18,20). The maximum absolute atomic E-state index is 11.9. The van der Waals surface area contributed by atoms with Crippen LogP contribution in [0.25, 0.3) is 0 Å². The van der Waals surface area contributed by atoms with Crippen molar-refractivity contribution in [2.24, 2.45) is 0 Å². The van der Waals surface area contributed by atoms with Crippen molar-refractivity contribution in [3.63, 3.8) is 0 Å². The van der Waals surface area contributed by atoms with E-state index >= 15 is 0 Å². The van der Waals surface area contributed by atoms with Gasteiger partial charge in [-0.3, -0.25) is 9.59 Å². The van der Waals surface area contributed by atoms with Crippen molar-refractivity contribution < 1.29 is 27.5 Å². The minimum absolute atomic E-state index is 0.0525.